The van der Waals surface area contributed by atoms with Crippen LogP contribution in [0.2, 0.25) is 0 Å². The van der Waals surface area contributed by atoms with Crippen LogP contribution in [0.4, 0.5) is 0 Å². The highest BCUT2D eigenvalue weighted by Gasteiger charge is 2.17. The van der Waals surface area contributed by atoms with Crippen LogP contribution < -0.4 is 4.74 Å². The number of aromatic nitrogens is 2. The molecule has 0 radical (unpaired) electrons. The normalized spacial score (nSPS) is 14.3. The summed E-state index contributed by atoms with van der Waals surface area (Å²) in [7, 11) is 0. The Bertz CT molecular complexity index is 1060. The van der Waals surface area contributed by atoms with Gasteiger partial charge < -0.3 is 9.47 Å². The number of nitriles is 1. The van der Waals surface area contributed by atoms with Gasteiger partial charge in [0.2, 0.25) is 0 Å². The van der Waals surface area contributed by atoms with Crippen LogP contribution in [0.1, 0.15) is 35.4 Å². The van der Waals surface area contributed by atoms with E-state index in [0.717, 1.165) is 35.5 Å². The lowest BCUT2D eigenvalue weighted by molar-refractivity contribution is 0.0254. The van der Waals surface area contributed by atoms with Crippen molar-refractivity contribution >= 4 is 12.6 Å². The van der Waals surface area contributed by atoms with Crippen molar-refractivity contribution < 1.29 is 9.47 Å². The van der Waals surface area contributed by atoms with E-state index in [0.29, 0.717) is 36.7 Å². The van der Waals surface area contributed by atoms with Gasteiger partial charge in [0.1, 0.15) is 23.7 Å². The Morgan fingerprint density at radius 1 is 1.10 bits per heavy atom. The van der Waals surface area contributed by atoms with Crippen molar-refractivity contribution in [2.45, 2.75) is 31.1 Å². The van der Waals surface area contributed by atoms with E-state index in [-0.39, 0.29) is 6.10 Å². The molecule has 2 heterocycles. The van der Waals surface area contributed by atoms with E-state index >= 15 is 0 Å². The number of rotatable bonds is 6. The van der Waals surface area contributed by atoms with E-state index < -0.39 is 0 Å². The topological polar surface area (TPSA) is 68.0 Å². The Kier molecular flexibility index (Phi) is 6.63. The Hall–Kier alpha value is -2.88. The molecule has 0 N–H and O–H groups in total. The van der Waals surface area contributed by atoms with Gasteiger partial charge in [-0.15, -0.1) is 0 Å². The minimum Gasteiger partial charge on any atom is -0.489 e. The Morgan fingerprint density at radius 2 is 1.93 bits per heavy atom. The van der Waals surface area contributed by atoms with Crippen LogP contribution in [0.5, 0.6) is 5.75 Å². The van der Waals surface area contributed by atoms with Crippen LogP contribution in [-0.4, -0.2) is 29.3 Å². The molecule has 30 heavy (non-hydrogen) atoms. The molecule has 152 valence electrons. The van der Waals surface area contributed by atoms with Crippen LogP contribution in [0, 0.1) is 11.3 Å². The first kappa shape index (κ1) is 20.4. The summed E-state index contributed by atoms with van der Waals surface area (Å²) >= 11 is 4.34. The maximum Gasteiger partial charge on any atom is 0.137 e. The zero-order valence-corrected chi connectivity index (χ0v) is 17.5. The molecule has 3 aromatic rings. The molecule has 0 atom stereocenters. The van der Waals surface area contributed by atoms with Gasteiger partial charge in [-0.2, -0.15) is 17.9 Å². The molecule has 1 aromatic heterocycles. The summed E-state index contributed by atoms with van der Waals surface area (Å²) in [6.07, 6.45) is 4.19. The third-order valence-corrected chi connectivity index (χ3v) is 5.46. The molecule has 4 rings (SSSR count). The van der Waals surface area contributed by atoms with Crippen molar-refractivity contribution in [3.05, 3.63) is 77.2 Å². The Labute approximate surface area is 182 Å². The first-order chi connectivity index (χ1) is 14.7. The first-order valence-corrected chi connectivity index (χ1v) is 10.7. The van der Waals surface area contributed by atoms with Crippen LogP contribution in [0.25, 0.3) is 11.3 Å². The number of nitrogens with zero attached hydrogens (tertiary/aromatic N) is 3. The van der Waals surface area contributed by atoms with Crippen LogP contribution in [-0.2, 0) is 16.9 Å². The molecule has 0 bridgehead atoms. The summed E-state index contributed by atoms with van der Waals surface area (Å²) in [5.74, 6) is 2.06. The number of benzene rings is 2. The van der Waals surface area contributed by atoms with Crippen LogP contribution in [0.3, 0.4) is 0 Å². The van der Waals surface area contributed by atoms with Gasteiger partial charge >= 0.3 is 0 Å². The van der Waals surface area contributed by atoms with Gasteiger partial charge in [0.25, 0.3) is 0 Å². The second-order valence-corrected chi connectivity index (χ2v) is 7.58. The lowest BCUT2D eigenvalue weighted by Crippen LogP contribution is -2.26. The molecular formula is C24H23N3O2S. The third-order valence-electron chi connectivity index (χ3n) is 5.10. The average Bonchev–Trinajstić information content (AvgIpc) is 2.80. The number of ether oxygens (including phenoxy) is 2. The number of hydrogen-bond donors (Lipinski definition) is 1. The zero-order valence-electron chi connectivity index (χ0n) is 16.6. The van der Waals surface area contributed by atoms with E-state index in [2.05, 4.69) is 41.9 Å². The molecule has 0 unspecified atom stereocenters. The predicted octanol–water partition coefficient (Wildman–Crippen LogP) is 4.59. The third kappa shape index (κ3) is 4.99. The molecule has 1 fully saturated rings. The maximum absolute atomic E-state index is 9.62. The van der Waals surface area contributed by atoms with Crippen molar-refractivity contribution in [2.75, 3.05) is 13.2 Å². The smallest absolute Gasteiger partial charge is 0.137 e. The summed E-state index contributed by atoms with van der Waals surface area (Å²) in [5.41, 5.74) is 4.50. The lowest BCUT2D eigenvalue weighted by atomic mass is 10.1. The molecule has 1 aliphatic heterocycles. The van der Waals surface area contributed by atoms with Gasteiger partial charge in [-0.3, -0.25) is 0 Å². The summed E-state index contributed by atoms with van der Waals surface area (Å²) < 4.78 is 11.4. The fourth-order valence-electron chi connectivity index (χ4n) is 3.52. The highest BCUT2D eigenvalue weighted by Crippen LogP contribution is 2.27. The van der Waals surface area contributed by atoms with Crippen molar-refractivity contribution in [3.63, 3.8) is 0 Å². The molecule has 1 saturated heterocycles. The predicted molar refractivity (Wildman–Crippen MR) is 119 cm³/mol. The average molecular weight is 418 g/mol. The molecule has 5 nitrogen and oxygen atoms in total. The molecule has 0 saturated carbocycles. The van der Waals surface area contributed by atoms with Gasteiger partial charge in [0.05, 0.1) is 24.5 Å². The first-order valence-electron chi connectivity index (χ1n) is 10.0. The molecule has 6 heteroatoms. The van der Waals surface area contributed by atoms with E-state index in [4.69, 9.17) is 14.5 Å². The van der Waals surface area contributed by atoms with Gasteiger partial charge in [-0.25, -0.2) is 9.97 Å². The largest absolute Gasteiger partial charge is 0.489 e. The maximum atomic E-state index is 9.62. The van der Waals surface area contributed by atoms with E-state index in [1.807, 2.05) is 30.3 Å². The van der Waals surface area contributed by atoms with E-state index in [1.54, 1.807) is 6.20 Å². The second kappa shape index (κ2) is 9.75. The molecule has 1 aliphatic rings. The highest BCUT2D eigenvalue weighted by molar-refractivity contribution is 7.79. The fourth-order valence-corrected chi connectivity index (χ4v) is 3.72. The van der Waals surface area contributed by atoms with E-state index in [1.165, 1.54) is 5.56 Å². The monoisotopic (exact) mass is 417 g/mol. The van der Waals surface area contributed by atoms with Crippen molar-refractivity contribution in [1.29, 1.82) is 5.26 Å². The van der Waals surface area contributed by atoms with Gasteiger partial charge in [-0.05, 0) is 35.4 Å². The Morgan fingerprint density at radius 3 is 2.73 bits per heavy atom. The summed E-state index contributed by atoms with van der Waals surface area (Å²) in [5, 5.41) is 9.62. The second-order valence-electron chi connectivity index (χ2n) is 7.27. The molecule has 2 aromatic carbocycles. The van der Waals surface area contributed by atoms with Crippen molar-refractivity contribution in [1.82, 2.24) is 9.97 Å². The zero-order chi connectivity index (χ0) is 20.8. The lowest BCUT2D eigenvalue weighted by Gasteiger charge is -2.23. The van der Waals surface area contributed by atoms with Crippen molar-refractivity contribution in [2.24, 2.45) is 0 Å². The fraction of sp³-hybridized carbons (Fsp3) is 0.292. The van der Waals surface area contributed by atoms with Crippen LogP contribution in [0.15, 0.2) is 54.7 Å². The minimum atomic E-state index is 0.0929. The number of thiol groups is 1. The summed E-state index contributed by atoms with van der Waals surface area (Å²) in [4.78, 5) is 9.14. The minimum absolute atomic E-state index is 0.0929. The SMILES string of the molecule is N#Cc1cc(-c2ccnc(Cc3cccc(CS)c3)n2)ccc1OC1CCOCC1. The molecular weight excluding hydrogens is 394 g/mol. The summed E-state index contributed by atoms with van der Waals surface area (Å²) in [6.45, 7) is 1.40. The number of hydrogen-bond acceptors (Lipinski definition) is 6. The summed E-state index contributed by atoms with van der Waals surface area (Å²) in [6, 6.07) is 18.0. The van der Waals surface area contributed by atoms with Gasteiger partial charge in [0.15, 0.2) is 0 Å². The quantitative estimate of drug-likeness (QED) is 0.594. The highest BCUT2D eigenvalue weighted by atomic mass is 32.1. The molecule has 0 spiro atoms. The van der Waals surface area contributed by atoms with Gasteiger partial charge in [0, 0.05) is 36.8 Å². The molecule has 0 amide bonds. The standard InChI is InChI=1S/C24H23N3O2S/c25-15-20-14-19(4-5-23(20)29-21-7-10-28-11-8-21)22-6-9-26-24(27-22)13-17-2-1-3-18(12-17)16-30/h1-6,9,12,14,21,30H,7-8,10-11,13,16H2. The van der Waals surface area contributed by atoms with Crippen LogP contribution >= 0.6 is 12.6 Å². The Balaban J connectivity index is 1.54. The van der Waals surface area contributed by atoms with E-state index in [9.17, 15) is 5.26 Å². The molecule has 0 aliphatic carbocycles. The van der Waals surface area contributed by atoms with Crippen molar-refractivity contribution in [3.8, 4) is 23.1 Å². The van der Waals surface area contributed by atoms with Gasteiger partial charge in [-0.1, -0.05) is 24.3 Å².